The molecule has 0 aliphatic carbocycles. The van der Waals surface area contributed by atoms with E-state index in [0.29, 0.717) is 25.0 Å². The largest absolute Gasteiger partial charge is 0.340 e. The van der Waals surface area contributed by atoms with Crippen LogP contribution in [0.1, 0.15) is 40.0 Å². The van der Waals surface area contributed by atoms with Crippen LogP contribution in [0.25, 0.3) is 0 Å². The Morgan fingerprint density at radius 3 is 2.57 bits per heavy atom. The number of rotatable bonds is 4. The molecule has 2 saturated heterocycles. The number of halogens is 1. The summed E-state index contributed by atoms with van der Waals surface area (Å²) in [6.45, 7) is 9.29. The van der Waals surface area contributed by atoms with Crippen molar-refractivity contribution in [3.05, 3.63) is 0 Å². The van der Waals surface area contributed by atoms with E-state index in [1.807, 2.05) is 9.80 Å². The van der Waals surface area contributed by atoms with E-state index in [1.165, 1.54) is 0 Å². The molecule has 2 amide bonds. The first-order chi connectivity index (χ1) is 9.56. The van der Waals surface area contributed by atoms with Gasteiger partial charge in [0.2, 0.25) is 11.8 Å². The first-order valence-corrected chi connectivity index (χ1v) is 7.88. The van der Waals surface area contributed by atoms with Crippen molar-refractivity contribution in [1.82, 2.24) is 15.1 Å². The highest BCUT2D eigenvalue weighted by atomic mass is 35.5. The lowest BCUT2D eigenvalue weighted by Crippen LogP contribution is -2.53. The van der Waals surface area contributed by atoms with Crippen molar-refractivity contribution < 1.29 is 9.59 Å². The van der Waals surface area contributed by atoms with Gasteiger partial charge in [-0.25, -0.2) is 0 Å². The predicted octanol–water partition coefficient (Wildman–Crippen LogP) is 1.27. The van der Waals surface area contributed by atoms with Gasteiger partial charge in [0, 0.05) is 44.7 Å². The predicted molar refractivity (Wildman–Crippen MR) is 85.5 cm³/mol. The maximum Gasteiger partial charge on any atom is 0.228 e. The number of hydrogen-bond acceptors (Lipinski definition) is 3. The maximum atomic E-state index is 12.6. The Kier molecular flexibility index (Phi) is 6.94. The molecular formula is C15H28ClN3O2. The third kappa shape index (κ3) is 4.10. The Bertz CT molecular complexity index is 374. The second-order valence-electron chi connectivity index (χ2n) is 6.06. The summed E-state index contributed by atoms with van der Waals surface area (Å²) in [5, 5.41) is 3.34. The van der Waals surface area contributed by atoms with Gasteiger partial charge in [-0.1, -0.05) is 13.8 Å². The number of carbonyl (C=O) groups excluding carboxylic acids is 2. The molecule has 2 rings (SSSR count). The second-order valence-corrected chi connectivity index (χ2v) is 6.06. The molecule has 0 radical (unpaired) electrons. The average molecular weight is 318 g/mol. The highest BCUT2D eigenvalue weighted by molar-refractivity contribution is 5.89. The molecule has 0 aromatic heterocycles. The number of nitrogens with zero attached hydrogens (tertiary/aromatic N) is 2. The van der Waals surface area contributed by atoms with Crippen molar-refractivity contribution >= 4 is 24.2 Å². The number of nitrogens with one attached hydrogen (secondary N) is 1. The molecule has 0 spiro atoms. The van der Waals surface area contributed by atoms with E-state index in [1.54, 1.807) is 0 Å². The van der Waals surface area contributed by atoms with Crippen molar-refractivity contribution in [2.24, 2.45) is 5.92 Å². The summed E-state index contributed by atoms with van der Waals surface area (Å²) in [5.41, 5.74) is 0. The summed E-state index contributed by atoms with van der Waals surface area (Å²) < 4.78 is 0. The lowest BCUT2D eigenvalue weighted by atomic mass is 10.1. The van der Waals surface area contributed by atoms with Crippen molar-refractivity contribution in [1.29, 1.82) is 0 Å². The molecule has 2 aliphatic heterocycles. The smallest absolute Gasteiger partial charge is 0.228 e. The fourth-order valence-electron chi connectivity index (χ4n) is 3.37. The van der Waals surface area contributed by atoms with Crippen LogP contribution in [0.15, 0.2) is 0 Å². The van der Waals surface area contributed by atoms with E-state index < -0.39 is 0 Å². The molecular weight excluding hydrogens is 290 g/mol. The fraction of sp³-hybridized carbons (Fsp3) is 0.867. The second kappa shape index (κ2) is 7.99. The highest BCUT2D eigenvalue weighted by Gasteiger charge is 2.39. The Labute approximate surface area is 133 Å². The highest BCUT2D eigenvalue weighted by Crippen LogP contribution is 2.25. The zero-order valence-electron chi connectivity index (χ0n) is 13.3. The van der Waals surface area contributed by atoms with Gasteiger partial charge in [-0.2, -0.15) is 0 Å². The summed E-state index contributed by atoms with van der Waals surface area (Å²) in [5.74, 6) is 0.189. The first kappa shape index (κ1) is 18.2. The number of hydrogen-bond donors (Lipinski definition) is 1. The van der Waals surface area contributed by atoms with Gasteiger partial charge < -0.3 is 15.1 Å². The first-order valence-electron chi connectivity index (χ1n) is 7.88. The third-order valence-electron chi connectivity index (χ3n) is 4.57. The van der Waals surface area contributed by atoms with E-state index in [4.69, 9.17) is 0 Å². The van der Waals surface area contributed by atoms with Crippen LogP contribution < -0.4 is 5.32 Å². The minimum Gasteiger partial charge on any atom is -0.340 e. The van der Waals surface area contributed by atoms with E-state index in [0.717, 1.165) is 32.5 Å². The fourth-order valence-corrected chi connectivity index (χ4v) is 3.37. The van der Waals surface area contributed by atoms with Crippen LogP contribution in [-0.4, -0.2) is 59.9 Å². The molecule has 0 aromatic carbocycles. The van der Waals surface area contributed by atoms with Crippen molar-refractivity contribution in [3.8, 4) is 0 Å². The van der Waals surface area contributed by atoms with Crippen LogP contribution in [0.4, 0.5) is 0 Å². The molecule has 1 N–H and O–H groups in total. The number of likely N-dealkylation sites (tertiary alicyclic amines) is 1. The lowest BCUT2D eigenvalue weighted by molar-refractivity contribution is -0.136. The van der Waals surface area contributed by atoms with E-state index >= 15 is 0 Å². The molecule has 6 heteroatoms. The number of carbonyl (C=O) groups is 2. The summed E-state index contributed by atoms with van der Waals surface area (Å²) in [6, 6.07) is 0.641. The van der Waals surface area contributed by atoms with Crippen LogP contribution >= 0.6 is 12.4 Å². The van der Waals surface area contributed by atoms with Crippen LogP contribution in [0.2, 0.25) is 0 Å². The number of piperazine rings is 1. The van der Waals surface area contributed by atoms with Crippen molar-refractivity contribution in [2.75, 3.05) is 26.2 Å². The Balaban J connectivity index is 0.00000220. The van der Waals surface area contributed by atoms with E-state index in [-0.39, 0.29) is 30.1 Å². The maximum absolute atomic E-state index is 12.6. The van der Waals surface area contributed by atoms with Gasteiger partial charge in [-0.3, -0.25) is 9.59 Å². The normalized spacial score (nSPS) is 26.2. The summed E-state index contributed by atoms with van der Waals surface area (Å²) in [4.78, 5) is 28.5. The topological polar surface area (TPSA) is 52.7 Å². The zero-order valence-corrected chi connectivity index (χ0v) is 14.1. The molecule has 2 fully saturated rings. The quantitative estimate of drug-likeness (QED) is 0.849. The summed E-state index contributed by atoms with van der Waals surface area (Å²) >= 11 is 0. The van der Waals surface area contributed by atoms with Gasteiger partial charge in [0.25, 0.3) is 0 Å². The van der Waals surface area contributed by atoms with Gasteiger partial charge in [-0.05, 0) is 19.8 Å². The van der Waals surface area contributed by atoms with Crippen molar-refractivity contribution in [3.63, 3.8) is 0 Å². The van der Waals surface area contributed by atoms with E-state index in [9.17, 15) is 9.59 Å². The van der Waals surface area contributed by atoms with Gasteiger partial charge in [0.1, 0.15) is 0 Å². The lowest BCUT2D eigenvalue weighted by Gasteiger charge is -2.33. The minimum atomic E-state index is -0.131. The molecule has 2 atom stereocenters. The van der Waals surface area contributed by atoms with Gasteiger partial charge >= 0.3 is 0 Å². The van der Waals surface area contributed by atoms with Crippen molar-refractivity contribution in [2.45, 2.75) is 52.1 Å². The van der Waals surface area contributed by atoms with Crippen LogP contribution in [0.5, 0.6) is 0 Å². The SMILES string of the molecule is CCC(CC)N1CC(C(=O)N2CCNC(C)C2)CC1=O.Cl. The average Bonchev–Trinajstić information content (AvgIpc) is 2.82. The Morgan fingerprint density at radius 1 is 1.33 bits per heavy atom. The third-order valence-corrected chi connectivity index (χ3v) is 4.57. The Hall–Kier alpha value is -0.810. The molecule has 5 nitrogen and oxygen atoms in total. The molecule has 2 unspecified atom stereocenters. The Morgan fingerprint density at radius 2 is 2.00 bits per heavy atom. The molecule has 2 heterocycles. The monoisotopic (exact) mass is 317 g/mol. The molecule has 21 heavy (non-hydrogen) atoms. The van der Waals surface area contributed by atoms with Gasteiger partial charge in [0.15, 0.2) is 0 Å². The molecule has 2 aliphatic rings. The molecule has 0 bridgehead atoms. The van der Waals surface area contributed by atoms with Gasteiger partial charge in [-0.15, -0.1) is 12.4 Å². The standard InChI is InChI=1S/C15H27N3O2.ClH/c1-4-13(5-2)18-10-12(8-14(18)19)15(20)17-7-6-16-11(3)9-17;/h11-13,16H,4-10H2,1-3H3;1H. The summed E-state index contributed by atoms with van der Waals surface area (Å²) in [6.07, 6.45) is 2.33. The van der Waals surface area contributed by atoms with Crippen LogP contribution in [0.3, 0.4) is 0 Å². The minimum absolute atomic E-state index is 0. The van der Waals surface area contributed by atoms with Crippen LogP contribution in [-0.2, 0) is 9.59 Å². The number of amides is 2. The van der Waals surface area contributed by atoms with E-state index in [2.05, 4.69) is 26.1 Å². The van der Waals surface area contributed by atoms with Gasteiger partial charge in [0.05, 0.1) is 5.92 Å². The molecule has 122 valence electrons. The molecule has 0 saturated carbocycles. The van der Waals surface area contributed by atoms with Crippen LogP contribution in [0, 0.1) is 5.92 Å². The molecule has 0 aromatic rings. The zero-order chi connectivity index (χ0) is 14.7. The summed E-state index contributed by atoms with van der Waals surface area (Å²) in [7, 11) is 0.